The first-order chi connectivity index (χ1) is 13.1. The summed E-state index contributed by atoms with van der Waals surface area (Å²) in [4.78, 5) is 43.2. The van der Waals surface area contributed by atoms with Crippen LogP contribution in [0.5, 0.6) is 0 Å². The molecule has 2 saturated heterocycles. The van der Waals surface area contributed by atoms with Crippen molar-refractivity contribution in [2.75, 3.05) is 37.7 Å². The second kappa shape index (κ2) is 7.49. The van der Waals surface area contributed by atoms with Gasteiger partial charge in [-0.05, 0) is 44.6 Å². The average molecular weight is 393 g/mol. The van der Waals surface area contributed by atoms with Crippen molar-refractivity contribution in [2.24, 2.45) is 11.3 Å². The normalized spacial score (nSPS) is 30.4. The smallest absolute Gasteiger partial charge is 0.318 e. The van der Waals surface area contributed by atoms with Gasteiger partial charge in [-0.15, -0.1) is 0 Å². The predicted molar refractivity (Wildman–Crippen MR) is 103 cm³/mol. The van der Waals surface area contributed by atoms with Crippen molar-refractivity contribution in [1.82, 2.24) is 9.80 Å². The minimum atomic E-state index is -0.943. The number of rotatable bonds is 4. The number of amides is 2. The van der Waals surface area contributed by atoms with Gasteiger partial charge in [0.1, 0.15) is 5.41 Å². The Morgan fingerprint density at radius 1 is 1.19 bits per heavy atom. The van der Waals surface area contributed by atoms with E-state index in [4.69, 9.17) is 4.74 Å². The first kappa shape index (κ1) is 18.8. The molecule has 2 fully saturated rings. The van der Waals surface area contributed by atoms with E-state index in [0.29, 0.717) is 19.6 Å². The van der Waals surface area contributed by atoms with Crippen LogP contribution in [0.4, 0.5) is 0 Å². The van der Waals surface area contributed by atoms with E-state index in [2.05, 4.69) is 0 Å². The molecule has 6 nitrogen and oxygen atoms in total. The van der Waals surface area contributed by atoms with Gasteiger partial charge in [-0.25, -0.2) is 0 Å². The summed E-state index contributed by atoms with van der Waals surface area (Å²) in [7, 11) is 0. The second-order valence-corrected chi connectivity index (χ2v) is 9.07. The molecule has 0 aromatic heterocycles. The number of carbonyl (C=O) groups excluding carboxylic acids is 3. The highest BCUT2D eigenvalue weighted by atomic mass is 32.2. The zero-order chi connectivity index (χ0) is 19.0. The standard InChI is InChI=1S/C20H28N2O4S/c1-2-26-19(25)20-7-3-5-14-6-4-8-22(17(14)20)18(24)15(20)13-16(23)21-9-11-27-12-10-21/h15H,2-13H2,1H3/t15-,20-/m1/s1. The Morgan fingerprint density at radius 2 is 1.93 bits per heavy atom. The minimum Gasteiger partial charge on any atom is -0.465 e. The fraction of sp³-hybridized carbons (Fsp3) is 0.750. The van der Waals surface area contributed by atoms with Crippen molar-refractivity contribution < 1.29 is 19.1 Å². The van der Waals surface area contributed by atoms with Crippen molar-refractivity contribution in [3.05, 3.63) is 11.3 Å². The molecule has 0 spiro atoms. The fourth-order valence-electron chi connectivity index (χ4n) is 5.31. The van der Waals surface area contributed by atoms with Gasteiger partial charge < -0.3 is 14.5 Å². The van der Waals surface area contributed by atoms with Crippen LogP contribution < -0.4 is 0 Å². The lowest BCUT2D eigenvalue weighted by Crippen LogP contribution is -2.45. The van der Waals surface area contributed by atoms with Crippen LogP contribution in [-0.2, 0) is 19.1 Å². The largest absolute Gasteiger partial charge is 0.465 e. The van der Waals surface area contributed by atoms with Crippen molar-refractivity contribution in [2.45, 2.75) is 45.4 Å². The maximum absolute atomic E-state index is 13.3. The van der Waals surface area contributed by atoms with E-state index in [1.54, 1.807) is 6.92 Å². The van der Waals surface area contributed by atoms with Gasteiger partial charge in [0.05, 0.1) is 12.5 Å². The number of esters is 1. The SMILES string of the molecule is CCOC(=O)[C@@]12CCCC3=C1N(CCC3)C(=O)[C@H]2CC(=O)N1CCSCC1. The molecule has 4 aliphatic rings. The Hall–Kier alpha value is -1.50. The van der Waals surface area contributed by atoms with Crippen LogP contribution in [0.15, 0.2) is 11.3 Å². The highest BCUT2D eigenvalue weighted by Gasteiger charge is 2.63. The third-order valence-corrected chi connectivity index (χ3v) is 7.42. The first-order valence-corrected chi connectivity index (χ1v) is 11.3. The van der Waals surface area contributed by atoms with Crippen molar-refractivity contribution >= 4 is 29.5 Å². The van der Waals surface area contributed by atoms with Crippen molar-refractivity contribution in [3.8, 4) is 0 Å². The number of hydrogen-bond acceptors (Lipinski definition) is 5. The van der Waals surface area contributed by atoms with E-state index in [1.165, 1.54) is 5.57 Å². The molecule has 3 aliphatic heterocycles. The third kappa shape index (κ3) is 2.98. The van der Waals surface area contributed by atoms with Crippen molar-refractivity contribution in [1.29, 1.82) is 0 Å². The summed E-state index contributed by atoms with van der Waals surface area (Å²) in [5.74, 6) is 0.926. The van der Waals surface area contributed by atoms with Gasteiger partial charge in [0, 0.05) is 43.3 Å². The van der Waals surface area contributed by atoms with Gasteiger partial charge in [-0.3, -0.25) is 14.4 Å². The zero-order valence-corrected chi connectivity index (χ0v) is 16.8. The summed E-state index contributed by atoms with van der Waals surface area (Å²) in [6, 6.07) is 0. The molecule has 0 aromatic carbocycles. The zero-order valence-electron chi connectivity index (χ0n) is 16.0. The lowest BCUT2D eigenvalue weighted by atomic mass is 9.65. The molecule has 7 heteroatoms. The summed E-state index contributed by atoms with van der Waals surface area (Å²) >= 11 is 1.85. The summed E-state index contributed by atoms with van der Waals surface area (Å²) in [5.41, 5.74) is 1.19. The first-order valence-electron chi connectivity index (χ1n) is 10.2. The summed E-state index contributed by atoms with van der Waals surface area (Å²) in [6.07, 6.45) is 4.45. The number of thioether (sulfide) groups is 1. The van der Waals surface area contributed by atoms with Crippen LogP contribution in [0.1, 0.15) is 45.4 Å². The van der Waals surface area contributed by atoms with Gasteiger partial charge in [-0.2, -0.15) is 11.8 Å². The molecular weight excluding hydrogens is 364 g/mol. The van der Waals surface area contributed by atoms with Crippen molar-refractivity contribution in [3.63, 3.8) is 0 Å². The molecule has 4 rings (SSSR count). The topological polar surface area (TPSA) is 66.9 Å². The fourth-order valence-corrected chi connectivity index (χ4v) is 6.21. The molecule has 0 unspecified atom stereocenters. The van der Waals surface area contributed by atoms with E-state index in [1.807, 2.05) is 21.6 Å². The number of carbonyl (C=O) groups is 3. The summed E-state index contributed by atoms with van der Waals surface area (Å²) in [6.45, 7) is 4.21. The Bertz CT molecular complexity index is 681. The van der Waals surface area contributed by atoms with E-state index in [-0.39, 0.29) is 24.2 Å². The van der Waals surface area contributed by atoms with Gasteiger partial charge in [0.2, 0.25) is 11.8 Å². The molecule has 3 heterocycles. The molecule has 0 N–H and O–H groups in total. The van der Waals surface area contributed by atoms with E-state index >= 15 is 0 Å². The lowest BCUT2D eigenvalue weighted by molar-refractivity contribution is -0.158. The Kier molecular flexibility index (Phi) is 5.23. The van der Waals surface area contributed by atoms with Gasteiger partial charge in [0.25, 0.3) is 0 Å². The van der Waals surface area contributed by atoms with Crippen LogP contribution in [0.2, 0.25) is 0 Å². The van der Waals surface area contributed by atoms with Gasteiger partial charge in [-0.1, -0.05) is 0 Å². The average Bonchev–Trinajstić information content (AvgIpc) is 2.94. The number of allylic oxidation sites excluding steroid dienone is 1. The molecule has 1 aliphatic carbocycles. The number of ether oxygens (including phenoxy) is 1. The number of nitrogens with zero attached hydrogens (tertiary/aromatic N) is 2. The maximum Gasteiger partial charge on any atom is 0.318 e. The van der Waals surface area contributed by atoms with E-state index < -0.39 is 11.3 Å². The molecule has 148 valence electrons. The van der Waals surface area contributed by atoms with Crippen LogP contribution in [0, 0.1) is 11.3 Å². The lowest BCUT2D eigenvalue weighted by Gasteiger charge is -2.40. The molecule has 27 heavy (non-hydrogen) atoms. The Labute approximate surface area is 164 Å². The molecule has 0 aromatic rings. The Morgan fingerprint density at radius 3 is 2.67 bits per heavy atom. The van der Waals surface area contributed by atoms with Gasteiger partial charge in [0.15, 0.2) is 0 Å². The Balaban J connectivity index is 1.70. The minimum absolute atomic E-state index is 0.00453. The van der Waals surface area contributed by atoms with E-state index in [0.717, 1.165) is 56.0 Å². The quantitative estimate of drug-likeness (QED) is 0.686. The van der Waals surface area contributed by atoms with Crippen LogP contribution in [-0.4, -0.2) is 65.3 Å². The van der Waals surface area contributed by atoms with Crippen LogP contribution >= 0.6 is 11.8 Å². The van der Waals surface area contributed by atoms with Gasteiger partial charge >= 0.3 is 5.97 Å². The molecular formula is C20H28N2O4S. The molecule has 0 radical (unpaired) electrons. The molecule has 2 atom stereocenters. The predicted octanol–water partition coefficient (Wildman–Crippen LogP) is 2.19. The summed E-state index contributed by atoms with van der Waals surface area (Å²) in [5, 5.41) is 0. The highest BCUT2D eigenvalue weighted by molar-refractivity contribution is 7.99. The maximum atomic E-state index is 13.3. The highest BCUT2D eigenvalue weighted by Crippen LogP contribution is 2.57. The van der Waals surface area contributed by atoms with Crippen LogP contribution in [0.25, 0.3) is 0 Å². The molecule has 0 saturated carbocycles. The van der Waals surface area contributed by atoms with E-state index in [9.17, 15) is 14.4 Å². The second-order valence-electron chi connectivity index (χ2n) is 7.84. The summed E-state index contributed by atoms with van der Waals surface area (Å²) < 4.78 is 5.48. The molecule has 2 amide bonds. The third-order valence-electron chi connectivity index (χ3n) is 6.48. The number of hydrogen-bond donors (Lipinski definition) is 0. The van der Waals surface area contributed by atoms with Crippen LogP contribution in [0.3, 0.4) is 0 Å². The monoisotopic (exact) mass is 392 g/mol. The molecule has 0 bridgehead atoms.